The molecule has 0 radical (unpaired) electrons. The van der Waals surface area contributed by atoms with Crippen LogP contribution in [-0.2, 0) is 10.3 Å². The molecular weight excluding hydrogens is 254 g/mol. The van der Waals surface area contributed by atoms with Gasteiger partial charge >= 0.3 is 0 Å². The van der Waals surface area contributed by atoms with Gasteiger partial charge in [0.05, 0.1) is 5.92 Å². The first kappa shape index (κ1) is 14.0. The number of aromatic nitrogens is 2. The summed E-state index contributed by atoms with van der Waals surface area (Å²) in [6, 6.07) is 0.182. The molecule has 5 nitrogen and oxygen atoms in total. The zero-order chi connectivity index (χ0) is 14.3. The van der Waals surface area contributed by atoms with Crippen LogP contribution in [-0.4, -0.2) is 22.8 Å². The van der Waals surface area contributed by atoms with Gasteiger partial charge in [-0.2, -0.15) is 4.98 Å². The molecule has 0 amide bonds. The lowest BCUT2D eigenvalue weighted by atomic mass is 9.85. The molecule has 5 unspecified atom stereocenters. The standard InChI is InChI=1S/C15H25N3O2/c1-4-15(3,19-5-2)14-17-13(20-18-14)11-9-6-7-10(8-9)12(11)16/h9-12H,4-8,16H2,1-3H3. The molecule has 1 aromatic heterocycles. The van der Waals surface area contributed by atoms with Gasteiger partial charge in [0, 0.05) is 12.6 Å². The minimum Gasteiger partial charge on any atom is -0.367 e. The molecule has 2 aliphatic carbocycles. The molecule has 2 bridgehead atoms. The van der Waals surface area contributed by atoms with Crippen molar-refractivity contribution in [3.05, 3.63) is 11.7 Å². The molecule has 0 aromatic carbocycles. The Hall–Kier alpha value is -0.940. The van der Waals surface area contributed by atoms with Crippen molar-refractivity contribution >= 4 is 0 Å². The van der Waals surface area contributed by atoms with E-state index in [1.165, 1.54) is 19.3 Å². The zero-order valence-corrected chi connectivity index (χ0v) is 12.6. The summed E-state index contributed by atoms with van der Waals surface area (Å²) < 4.78 is 11.4. The Morgan fingerprint density at radius 3 is 2.70 bits per heavy atom. The molecule has 20 heavy (non-hydrogen) atoms. The van der Waals surface area contributed by atoms with Gasteiger partial charge in [0.25, 0.3) is 0 Å². The summed E-state index contributed by atoms with van der Waals surface area (Å²) in [6.45, 7) is 6.73. The predicted octanol–water partition coefficient (Wildman–Crippen LogP) is 2.57. The van der Waals surface area contributed by atoms with Gasteiger partial charge < -0.3 is 15.0 Å². The van der Waals surface area contributed by atoms with E-state index in [-0.39, 0.29) is 12.0 Å². The number of hydrogen-bond acceptors (Lipinski definition) is 5. The first-order valence-corrected chi connectivity index (χ1v) is 7.82. The average molecular weight is 279 g/mol. The third-order valence-electron chi connectivity index (χ3n) is 5.32. The van der Waals surface area contributed by atoms with Gasteiger partial charge in [-0.25, -0.2) is 0 Å². The molecule has 5 heteroatoms. The Balaban J connectivity index is 1.83. The molecule has 2 fully saturated rings. The molecule has 112 valence electrons. The summed E-state index contributed by atoms with van der Waals surface area (Å²) in [7, 11) is 0. The van der Waals surface area contributed by atoms with E-state index in [0.717, 1.165) is 12.3 Å². The van der Waals surface area contributed by atoms with E-state index in [9.17, 15) is 0 Å². The number of ether oxygens (including phenoxy) is 1. The zero-order valence-electron chi connectivity index (χ0n) is 12.6. The smallest absolute Gasteiger partial charge is 0.231 e. The minimum absolute atomic E-state index is 0.182. The van der Waals surface area contributed by atoms with Gasteiger partial charge in [0.15, 0.2) is 0 Å². The van der Waals surface area contributed by atoms with Gasteiger partial charge in [-0.3, -0.25) is 0 Å². The number of hydrogen-bond donors (Lipinski definition) is 1. The van der Waals surface area contributed by atoms with E-state index >= 15 is 0 Å². The van der Waals surface area contributed by atoms with Crippen molar-refractivity contribution < 1.29 is 9.26 Å². The van der Waals surface area contributed by atoms with Crippen LogP contribution in [0.2, 0.25) is 0 Å². The highest BCUT2D eigenvalue weighted by Gasteiger charge is 2.49. The second-order valence-electron chi connectivity index (χ2n) is 6.41. The third-order valence-corrected chi connectivity index (χ3v) is 5.32. The summed E-state index contributed by atoms with van der Waals surface area (Å²) in [5.41, 5.74) is 5.89. The van der Waals surface area contributed by atoms with Crippen LogP contribution in [0, 0.1) is 11.8 Å². The largest absolute Gasteiger partial charge is 0.367 e. The molecule has 0 spiro atoms. The topological polar surface area (TPSA) is 74.2 Å². The first-order valence-electron chi connectivity index (χ1n) is 7.82. The molecule has 3 rings (SSSR count). The van der Waals surface area contributed by atoms with Crippen LogP contribution < -0.4 is 5.73 Å². The Morgan fingerprint density at radius 2 is 2.10 bits per heavy atom. The Kier molecular flexibility index (Phi) is 3.58. The summed E-state index contributed by atoms with van der Waals surface area (Å²) in [5, 5.41) is 4.17. The van der Waals surface area contributed by atoms with E-state index in [0.29, 0.717) is 24.3 Å². The van der Waals surface area contributed by atoms with Crippen molar-refractivity contribution in [3.63, 3.8) is 0 Å². The van der Waals surface area contributed by atoms with E-state index in [2.05, 4.69) is 17.1 Å². The van der Waals surface area contributed by atoms with Crippen LogP contribution in [0.3, 0.4) is 0 Å². The number of fused-ring (bicyclic) bond motifs is 2. The van der Waals surface area contributed by atoms with Crippen molar-refractivity contribution in [2.45, 2.75) is 64.0 Å². The van der Waals surface area contributed by atoms with Gasteiger partial charge in [0.1, 0.15) is 5.60 Å². The van der Waals surface area contributed by atoms with Gasteiger partial charge in [-0.05, 0) is 51.4 Å². The maximum atomic E-state index is 6.35. The Bertz CT molecular complexity index is 473. The molecule has 2 N–H and O–H groups in total. The van der Waals surface area contributed by atoms with Crippen molar-refractivity contribution in [1.82, 2.24) is 10.1 Å². The van der Waals surface area contributed by atoms with Gasteiger partial charge in [-0.1, -0.05) is 12.1 Å². The molecule has 0 saturated heterocycles. The van der Waals surface area contributed by atoms with E-state index < -0.39 is 5.60 Å². The second kappa shape index (κ2) is 5.11. The van der Waals surface area contributed by atoms with Crippen LogP contribution in [0.5, 0.6) is 0 Å². The van der Waals surface area contributed by atoms with Crippen molar-refractivity contribution in [2.24, 2.45) is 17.6 Å². The van der Waals surface area contributed by atoms with Crippen LogP contribution in [0.15, 0.2) is 4.52 Å². The van der Waals surface area contributed by atoms with Crippen LogP contribution in [0.1, 0.15) is 64.1 Å². The lowest BCUT2D eigenvalue weighted by Crippen LogP contribution is -2.34. The molecule has 1 heterocycles. The van der Waals surface area contributed by atoms with Gasteiger partial charge in [-0.15, -0.1) is 0 Å². The number of nitrogens with zero attached hydrogens (tertiary/aromatic N) is 2. The molecule has 5 atom stereocenters. The molecule has 2 aliphatic rings. The third kappa shape index (κ3) is 2.07. The average Bonchev–Trinajstić information content (AvgIpc) is 3.13. The first-order chi connectivity index (χ1) is 9.59. The SMILES string of the molecule is CCOC(C)(CC)c1noc(C2C3CCC(C3)C2N)n1. The van der Waals surface area contributed by atoms with E-state index in [4.69, 9.17) is 15.0 Å². The maximum Gasteiger partial charge on any atom is 0.231 e. The Morgan fingerprint density at radius 1 is 1.35 bits per heavy atom. The monoisotopic (exact) mass is 279 g/mol. The highest BCUT2D eigenvalue weighted by Crippen LogP contribution is 2.51. The highest BCUT2D eigenvalue weighted by atomic mass is 16.5. The highest BCUT2D eigenvalue weighted by molar-refractivity contribution is 5.13. The van der Waals surface area contributed by atoms with Crippen LogP contribution >= 0.6 is 0 Å². The fourth-order valence-electron chi connectivity index (χ4n) is 3.93. The maximum absolute atomic E-state index is 6.35. The fourth-order valence-corrected chi connectivity index (χ4v) is 3.93. The lowest BCUT2D eigenvalue weighted by molar-refractivity contribution is -0.0403. The minimum atomic E-state index is -0.460. The molecular formula is C15H25N3O2. The van der Waals surface area contributed by atoms with Crippen LogP contribution in [0.25, 0.3) is 0 Å². The molecule has 1 aromatic rings. The van der Waals surface area contributed by atoms with E-state index in [1.807, 2.05) is 13.8 Å². The van der Waals surface area contributed by atoms with Crippen LogP contribution in [0.4, 0.5) is 0 Å². The van der Waals surface area contributed by atoms with Crippen molar-refractivity contribution in [3.8, 4) is 0 Å². The summed E-state index contributed by atoms with van der Waals surface area (Å²) in [5.74, 6) is 2.90. The van der Waals surface area contributed by atoms with Crippen molar-refractivity contribution in [2.75, 3.05) is 6.61 Å². The fraction of sp³-hybridized carbons (Fsp3) is 0.867. The summed E-state index contributed by atoms with van der Waals surface area (Å²) in [6.07, 6.45) is 4.55. The number of nitrogens with two attached hydrogens (primary N) is 1. The van der Waals surface area contributed by atoms with Crippen molar-refractivity contribution in [1.29, 1.82) is 0 Å². The predicted molar refractivity (Wildman–Crippen MR) is 75.1 cm³/mol. The number of rotatable bonds is 5. The molecule has 2 saturated carbocycles. The summed E-state index contributed by atoms with van der Waals surface area (Å²) in [4.78, 5) is 4.64. The quantitative estimate of drug-likeness (QED) is 0.896. The second-order valence-corrected chi connectivity index (χ2v) is 6.41. The molecule has 0 aliphatic heterocycles. The van der Waals surface area contributed by atoms with Gasteiger partial charge in [0.2, 0.25) is 11.7 Å². The normalized spacial score (nSPS) is 35.4. The lowest BCUT2D eigenvalue weighted by Gasteiger charge is -2.25. The Labute approximate surface area is 120 Å². The van der Waals surface area contributed by atoms with E-state index in [1.54, 1.807) is 0 Å². The summed E-state index contributed by atoms with van der Waals surface area (Å²) >= 11 is 0.